The van der Waals surface area contributed by atoms with Gasteiger partial charge in [-0.15, -0.1) is 0 Å². The fourth-order valence-electron chi connectivity index (χ4n) is 4.52. The summed E-state index contributed by atoms with van der Waals surface area (Å²) in [6, 6.07) is 22.5. The maximum absolute atomic E-state index is 3.62. The third-order valence-electron chi connectivity index (χ3n) is 6.09. The van der Waals surface area contributed by atoms with Gasteiger partial charge in [0, 0.05) is 5.41 Å². The molecule has 0 aliphatic rings. The molecule has 2 unspecified atom stereocenters. The Morgan fingerprint density at radius 1 is 0.964 bits per heavy atom. The normalized spacial score (nSPS) is 14.8. The first-order valence-electron chi connectivity index (χ1n) is 10.7. The summed E-state index contributed by atoms with van der Waals surface area (Å²) in [6.07, 6.45) is 8.97. The Balaban J connectivity index is 2.12. The number of imidazole rings is 1. The molecule has 1 heterocycles. The molecule has 28 heavy (non-hydrogen) atoms. The molecule has 3 aromatic rings. The zero-order valence-electron chi connectivity index (χ0n) is 17.9. The van der Waals surface area contributed by atoms with Gasteiger partial charge in [0.05, 0.1) is 12.0 Å². The van der Waals surface area contributed by atoms with Gasteiger partial charge < -0.3 is 0 Å². The van der Waals surface area contributed by atoms with Crippen molar-refractivity contribution in [3.63, 3.8) is 0 Å². The monoisotopic (exact) mass is 375 g/mol. The van der Waals surface area contributed by atoms with Gasteiger partial charge in [0.25, 0.3) is 5.82 Å². The molecule has 1 aromatic heterocycles. The van der Waals surface area contributed by atoms with Crippen molar-refractivity contribution in [2.75, 3.05) is 0 Å². The number of rotatable bonds is 9. The van der Waals surface area contributed by atoms with Crippen LogP contribution in [0.2, 0.25) is 0 Å². The van der Waals surface area contributed by atoms with E-state index in [0.717, 1.165) is 6.42 Å². The van der Waals surface area contributed by atoms with Gasteiger partial charge in [-0.25, -0.2) is 9.55 Å². The zero-order chi connectivity index (χ0) is 20.0. The molecule has 0 amide bonds. The molecule has 2 aromatic carbocycles. The van der Waals surface area contributed by atoms with Crippen molar-refractivity contribution < 1.29 is 4.57 Å². The van der Waals surface area contributed by atoms with Gasteiger partial charge >= 0.3 is 0 Å². The number of nitrogens with one attached hydrogen (secondary N) is 1. The van der Waals surface area contributed by atoms with Crippen molar-refractivity contribution in [3.8, 4) is 0 Å². The maximum Gasteiger partial charge on any atom is 0.258 e. The number of unbranched alkanes of at least 4 members (excludes halogenated alkanes) is 1. The van der Waals surface area contributed by atoms with Crippen LogP contribution in [0, 0.1) is 0 Å². The third kappa shape index (κ3) is 4.38. The van der Waals surface area contributed by atoms with E-state index in [2.05, 4.69) is 110 Å². The Labute approximate surface area is 170 Å². The van der Waals surface area contributed by atoms with Crippen molar-refractivity contribution in [1.29, 1.82) is 0 Å². The standard InChI is InChI=1S/C26H34N2/c1-5-6-17-24(25-27-18-19-28(25)21(2)3)26(4,23-15-11-8-12-16-23)20-22-13-9-7-10-14-22/h7-16,18-19,21,24H,5-6,17,20H2,1-4H3/p+1. The lowest BCUT2D eigenvalue weighted by molar-refractivity contribution is -0.723. The molecule has 2 nitrogen and oxygen atoms in total. The molecule has 0 saturated carbocycles. The average molecular weight is 376 g/mol. The molecule has 0 bridgehead atoms. The third-order valence-corrected chi connectivity index (χ3v) is 6.09. The second kappa shape index (κ2) is 9.23. The number of hydrogen-bond donors (Lipinski definition) is 1. The largest absolute Gasteiger partial charge is 0.258 e. The van der Waals surface area contributed by atoms with Crippen molar-refractivity contribution in [3.05, 3.63) is 90.0 Å². The summed E-state index contributed by atoms with van der Waals surface area (Å²) in [5, 5.41) is 0. The van der Waals surface area contributed by atoms with Crippen LogP contribution in [0.25, 0.3) is 0 Å². The Kier molecular flexibility index (Phi) is 6.72. The second-order valence-electron chi connectivity index (χ2n) is 8.49. The predicted octanol–water partition coefficient (Wildman–Crippen LogP) is 6.36. The minimum atomic E-state index is 0.0132. The van der Waals surface area contributed by atoms with Gasteiger partial charge in [0.1, 0.15) is 12.4 Å². The van der Waals surface area contributed by atoms with E-state index in [1.165, 1.54) is 36.2 Å². The van der Waals surface area contributed by atoms with Gasteiger partial charge in [-0.1, -0.05) is 87.4 Å². The van der Waals surface area contributed by atoms with E-state index in [4.69, 9.17) is 0 Å². The Morgan fingerprint density at radius 2 is 1.61 bits per heavy atom. The smallest absolute Gasteiger partial charge is 0.247 e. The quantitative estimate of drug-likeness (QED) is 0.420. The van der Waals surface area contributed by atoms with E-state index in [0.29, 0.717) is 12.0 Å². The molecule has 0 saturated heterocycles. The van der Waals surface area contributed by atoms with Gasteiger partial charge in [-0.3, -0.25) is 0 Å². The highest BCUT2D eigenvalue weighted by Gasteiger charge is 2.42. The molecule has 0 spiro atoms. The van der Waals surface area contributed by atoms with E-state index >= 15 is 0 Å². The van der Waals surface area contributed by atoms with Gasteiger partial charge in [0.2, 0.25) is 0 Å². The fourth-order valence-corrected chi connectivity index (χ4v) is 4.52. The van der Waals surface area contributed by atoms with Gasteiger partial charge in [-0.2, -0.15) is 0 Å². The van der Waals surface area contributed by atoms with Crippen LogP contribution < -0.4 is 4.57 Å². The van der Waals surface area contributed by atoms with Crippen LogP contribution >= 0.6 is 0 Å². The fraction of sp³-hybridized carbons (Fsp3) is 0.423. The number of hydrogen-bond acceptors (Lipinski definition) is 0. The molecule has 2 atom stereocenters. The summed E-state index contributed by atoms with van der Waals surface area (Å²) in [5.74, 6) is 1.78. The van der Waals surface area contributed by atoms with Crippen molar-refractivity contribution in [2.45, 2.75) is 70.8 Å². The molecule has 0 aliphatic heterocycles. The lowest BCUT2D eigenvalue weighted by Crippen LogP contribution is -2.45. The summed E-state index contributed by atoms with van der Waals surface area (Å²) in [5.41, 5.74) is 2.84. The number of H-pyrrole nitrogens is 1. The number of benzene rings is 2. The molecule has 2 heteroatoms. The first-order valence-corrected chi connectivity index (χ1v) is 10.7. The minimum Gasteiger partial charge on any atom is -0.247 e. The van der Waals surface area contributed by atoms with Gasteiger partial charge in [0.15, 0.2) is 0 Å². The number of aromatic nitrogens is 2. The maximum atomic E-state index is 3.62. The Morgan fingerprint density at radius 3 is 2.21 bits per heavy atom. The van der Waals surface area contributed by atoms with Crippen LogP contribution in [0.3, 0.4) is 0 Å². The highest BCUT2D eigenvalue weighted by Crippen LogP contribution is 2.43. The number of aromatic amines is 1. The van der Waals surface area contributed by atoms with Crippen molar-refractivity contribution in [2.24, 2.45) is 0 Å². The Bertz CT molecular complexity index is 835. The van der Waals surface area contributed by atoms with E-state index in [9.17, 15) is 0 Å². The average Bonchev–Trinajstić information content (AvgIpc) is 3.19. The molecule has 148 valence electrons. The number of nitrogens with zero attached hydrogens (tertiary/aromatic N) is 1. The molecule has 1 N–H and O–H groups in total. The SMILES string of the molecule is CCCCC(c1[nH]cc[n+]1C(C)C)C(C)(Cc1ccccc1)c1ccccc1. The molecule has 3 rings (SSSR count). The predicted molar refractivity (Wildman–Crippen MR) is 118 cm³/mol. The minimum absolute atomic E-state index is 0.0132. The van der Waals surface area contributed by atoms with E-state index in [1.54, 1.807) is 0 Å². The highest BCUT2D eigenvalue weighted by molar-refractivity contribution is 5.32. The summed E-state index contributed by atoms with van der Waals surface area (Å²) >= 11 is 0. The van der Waals surface area contributed by atoms with Crippen LogP contribution in [0.4, 0.5) is 0 Å². The van der Waals surface area contributed by atoms with E-state index < -0.39 is 0 Å². The first kappa shape index (κ1) is 20.4. The molecular formula is C26H35N2+. The second-order valence-corrected chi connectivity index (χ2v) is 8.49. The van der Waals surface area contributed by atoms with Crippen LogP contribution in [0.15, 0.2) is 73.1 Å². The molecular weight excluding hydrogens is 340 g/mol. The lowest BCUT2D eigenvalue weighted by atomic mass is 9.66. The summed E-state index contributed by atoms with van der Waals surface area (Å²) in [4.78, 5) is 3.62. The lowest BCUT2D eigenvalue weighted by Gasteiger charge is -2.37. The van der Waals surface area contributed by atoms with Crippen molar-refractivity contribution >= 4 is 0 Å². The summed E-state index contributed by atoms with van der Waals surface area (Å²) < 4.78 is 2.42. The summed E-state index contributed by atoms with van der Waals surface area (Å²) in [7, 11) is 0. The summed E-state index contributed by atoms with van der Waals surface area (Å²) in [6.45, 7) is 9.29. The topological polar surface area (TPSA) is 19.7 Å². The molecule has 0 aliphatic carbocycles. The van der Waals surface area contributed by atoms with E-state index in [-0.39, 0.29) is 5.41 Å². The van der Waals surface area contributed by atoms with Crippen LogP contribution in [0.5, 0.6) is 0 Å². The molecule has 0 radical (unpaired) electrons. The van der Waals surface area contributed by atoms with Crippen LogP contribution in [-0.2, 0) is 11.8 Å². The first-order chi connectivity index (χ1) is 13.6. The van der Waals surface area contributed by atoms with E-state index in [1.807, 2.05) is 0 Å². The van der Waals surface area contributed by atoms with Crippen molar-refractivity contribution in [1.82, 2.24) is 4.98 Å². The Hall–Kier alpha value is -2.35. The van der Waals surface area contributed by atoms with Gasteiger partial charge in [-0.05, 0) is 37.8 Å². The van der Waals surface area contributed by atoms with Crippen LogP contribution in [-0.4, -0.2) is 4.98 Å². The zero-order valence-corrected chi connectivity index (χ0v) is 17.9. The van der Waals surface area contributed by atoms with Crippen LogP contribution in [0.1, 0.15) is 75.9 Å². The molecule has 0 fully saturated rings. The highest BCUT2D eigenvalue weighted by atomic mass is 15.1.